The second kappa shape index (κ2) is 8.98. The summed E-state index contributed by atoms with van der Waals surface area (Å²) in [6, 6.07) is 15.8. The van der Waals surface area contributed by atoms with E-state index in [1.54, 1.807) is 18.2 Å². The number of benzene rings is 3. The van der Waals surface area contributed by atoms with Crippen LogP contribution in [-0.4, -0.2) is 29.9 Å². The Morgan fingerprint density at radius 3 is 2.20 bits per heavy atom. The van der Waals surface area contributed by atoms with Crippen molar-refractivity contribution in [2.75, 3.05) is 22.9 Å². The van der Waals surface area contributed by atoms with Gasteiger partial charge in [0, 0.05) is 35.6 Å². The number of nitrogens with zero attached hydrogens (tertiary/aromatic N) is 2. The molecule has 0 aliphatic carbocycles. The molecule has 5 rings (SSSR count). The SMILES string of the molecule is Cc1cc(/C(O)=C2\C(=O)C(=O)N(c3ccc(N4CCCC4)cc3)C2c2ccccc2F)ccc1F. The van der Waals surface area contributed by atoms with Crippen LogP contribution in [0.5, 0.6) is 0 Å². The zero-order valence-corrected chi connectivity index (χ0v) is 19.2. The third-order valence-electron chi connectivity index (χ3n) is 6.67. The topological polar surface area (TPSA) is 60.9 Å². The van der Waals surface area contributed by atoms with Gasteiger partial charge in [-0.05, 0) is 73.9 Å². The minimum absolute atomic E-state index is 0.0794. The van der Waals surface area contributed by atoms with E-state index in [0.717, 1.165) is 31.6 Å². The summed E-state index contributed by atoms with van der Waals surface area (Å²) in [6.07, 6.45) is 2.24. The number of aryl methyl sites for hydroxylation is 1. The number of hydrogen-bond acceptors (Lipinski definition) is 4. The molecule has 2 aliphatic heterocycles. The molecule has 0 spiro atoms. The standard InChI is InChI=1S/C28H24F2N2O3/c1-17-16-18(8-13-22(17)29)26(33)24-25(21-6-2-3-7-23(21)30)32(28(35)27(24)34)20-11-9-19(10-12-20)31-14-4-5-15-31/h2-3,6-13,16,25,33H,4-5,14-15H2,1H3/b26-24+. The molecule has 1 N–H and O–H groups in total. The lowest BCUT2D eigenvalue weighted by molar-refractivity contribution is -0.132. The molecule has 0 saturated carbocycles. The fourth-order valence-corrected chi connectivity index (χ4v) is 4.84. The van der Waals surface area contributed by atoms with E-state index >= 15 is 0 Å². The number of carbonyl (C=O) groups excluding carboxylic acids is 2. The number of hydrogen-bond donors (Lipinski definition) is 1. The predicted molar refractivity (Wildman–Crippen MR) is 130 cm³/mol. The summed E-state index contributed by atoms with van der Waals surface area (Å²) in [5.41, 5.74) is 1.70. The quantitative estimate of drug-likeness (QED) is 0.308. The number of ketones is 1. The Kier molecular flexibility index (Phi) is 5.84. The van der Waals surface area contributed by atoms with E-state index in [0.29, 0.717) is 5.69 Å². The number of halogens is 2. The van der Waals surface area contributed by atoms with E-state index in [9.17, 15) is 23.5 Å². The van der Waals surface area contributed by atoms with Gasteiger partial charge in [-0.1, -0.05) is 18.2 Å². The second-order valence-electron chi connectivity index (χ2n) is 8.87. The highest BCUT2D eigenvalue weighted by atomic mass is 19.1. The predicted octanol–water partition coefficient (Wildman–Crippen LogP) is 5.50. The molecule has 35 heavy (non-hydrogen) atoms. The number of Topliss-reactive ketones (excluding diaryl/α,β-unsaturated/α-hetero) is 1. The van der Waals surface area contributed by atoms with Crippen LogP contribution in [0, 0.1) is 18.6 Å². The van der Waals surface area contributed by atoms with Crippen molar-refractivity contribution < 1.29 is 23.5 Å². The van der Waals surface area contributed by atoms with Gasteiger partial charge in [-0.25, -0.2) is 8.78 Å². The molecule has 1 unspecified atom stereocenters. The summed E-state index contributed by atoms with van der Waals surface area (Å²) in [5, 5.41) is 11.1. The summed E-state index contributed by atoms with van der Waals surface area (Å²) in [4.78, 5) is 29.9. The number of amides is 1. The van der Waals surface area contributed by atoms with Crippen molar-refractivity contribution in [2.45, 2.75) is 25.8 Å². The van der Waals surface area contributed by atoms with Gasteiger partial charge >= 0.3 is 0 Å². The molecular weight excluding hydrogens is 450 g/mol. The third kappa shape index (κ3) is 3.97. The molecule has 7 heteroatoms. The average molecular weight is 475 g/mol. The Labute approximate surface area is 201 Å². The molecule has 0 radical (unpaired) electrons. The normalized spacial score (nSPS) is 19.6. The lowest BCUT2D eigenvalue weighted by Crippen LogP contribution is -2.30. The van der Waals surface area contributed by atoms with Crippen molar-refractivity contribution >= 4 is 28.8 Å². The summed E-state index contributed by atoms with van der Waals surface area (Å²) in [7, 11) is 0. The average Bonchev–Trinajstić information content (AvgIpc) is 3.48. The minimum Gasteiger partial charge on any atom is -0.507 e. The fraction of sp³-hybridized carbons (Fsp3) is 0.214. The van der Waals surface area contributed by atoms with Crippen LogP contribution < -0.4 is 9.80 Å². The Morgan fingerprint density at radius 1 is 0.886 bits per heavy atom. The summed E-state index contributed by atoms with van der Waals surface area (Å²) in [5.74, 6) is -3.35. The number of aliphatic hydroxyl groups excluding tert-OH is 1. The van der Waals surface area contributed by atoms with Gasteiger partial charge in [0.2, 0.25) is 0 Å². The van der Waals surface area contributed by atoms with Crippen molar-refractivity contribution in [2.24, 2.45) is 0 Å². The molecule has 1 amide bonds. The molecule has 1 atom stereocenters. The van der Waals surface area contributed by atoms with E-state index in [1.165, 1.54) is 48.2 Å². The van der Waals surface area contributed by atoms with Crippen molar-refractivity contribution in [3.63, 3.8) is 0 Å². The maximum Gasteiger partial charge on any atom is 0.300 e. The van der Waals surface area contributed by atoms with Crippen LogP contribution in [-0.2, 0) is 9.59 Å². The summed E-state index contributed by atoms with van der Waals surface area (Å²) >= 11 is 0. The summed E-state index contributed by atoms with van der Waals surface area (Å²) < 4.78 is 28.8. The van der Waals surface area contributed by atoms with E-state index in [4.69, 9.17) is 0 Å². The van der Waals surface area contributed by atoms with E-state index in [2.05, 4.69) is 4.90 Å². The van der Waals surface area contributed by atoms with Crippen LogP contribution in [0.2, 0.25) is 0 Å². The van der Waals surface area contributed by atoms with Crippen molar-refractivity contribution in [1.82, 2.24) is 0 Å². The number of aliphatic hydroxyl groups is 1. The largest absolute Gasteiger partial charge is 0.507 e. The lowest BCUT2D eigenvalue weighted by Gasteiger charge is -2.26. The summed E-state index contributed by atoms with van der Waals surface area (Å²) in [6.45, 7) is 3.44. The van der Waals surface area contributed by atoms with Gasteiger partial charge in [0.25, 0.3) is 11.7 Å². The van der Waals surface area contributed by atoms with Gasteiger partial charge in [-0.2, -0.15) is 0 Å². The van der Waals surface area contributed by atoms with E-state index in [1.807, 2.05) is 12.1 Å². The monoisotopic (exact) mass is 474 g/mol. The second-order valence-corrected chi connectivity index (χ2v) is 8.87. The van der Waals surface area contributed by atoms with E-state index in [-0.39, 0.29) is 22.3 Å². The van der Waals surface area contributed by atoms with Crippen LogP contribution in [0.3, 0.4) is 0 Å². The van der Waals surface area contributed by atoms with Crippen molar-refractivity contribution in [3.8, 4) is 0 Å². The van der Waals surface area contributed by atoms with Crippen LogP contribution in [0.15, 0.2) is 72.3 Å². The first kappa shape index (κ1) is 22.8. The zero-order chi connectivity index (χ0) is 24.7. The fourth-order valence-electron chi connectivity index (χ4n) is 4.84. The maximum absolute atomic E-state index is 15.0. The highest BCUT2D eigenvalue weighted by Crippen LogP contribution is 2.43. The van der Waals surface area contributed by atoms with E-state index < -0.39 is 35.1 Å². The Balaban J connectivity index is 1.65. The van der Waals surface area contributed by atoms with Crippen LogP contribution in [0.1, 0.15) is 35.6 Å². The van der Waals surface area contributed by atoms with Crippen LogP contribution in [0.4, 0.5) is 20.2 Å². The minimum atomic E-state index is -1.18. The highest BCUT2D eigenvalue weighted by Gasteiger charge is 2.47. The van der Waals surface area contributed by atoms with Gasteiger partial charge in [0.1, 0.15) is 17.4 Å². The zero-order valence-electron chi connectivity index (χ0n) is 19.2. The third-order valence-corrected chi connectivity index (χ3v) is 6.67. The van der Waals surface area contributed by atoms with Gasteiger partial charge in [0.05, 0.1) is 11.6 Å². The van der Waals surface area contributed by atoms with Gasteiger partial charge in [-0.3, -0.25) is 14.5 Å². The Hall–Kier alpha value is -4.00. The van der Waals surface area contributed by atoms with Gasteiger partial charge in [0.15, 0.2) is 0 Å². The Morgan fingerprint density at radius 2 is 1.54 bits per heavy atom. The maximum atomic E-state index is 15.0. The van der Waals surface area contributed by atoms with Crippen molar-refractivity contribution in [3.05, 3.63) is 101 Å². The molecule has 178 valence electrons. The molecule has 0 bridgehead atoms. The molecule has 3 aromatic rings. The highest BCUT2D eigenvalue weighted by molar-refractivity contribution is 6.51. The first-order valence-corrected chi connectivity index (χ1v) is 11.5. The first-order chi connectivity index (χ1) is 16.9. The lowest BCUT2D eigenvalue weighted by atomic mass is 9.94. The van der Waals surface area contributed by atoms with Crippen LogP contribution >= 0.6 is 0 Å². The van der Waals surface area contributed by atoms with Gasteiger partial charge in [-0.15, -0.1) is 0 Å². The molecule has 0 aromatic heterocycles. The first-order valence-electron chi connectivity index (χ1n) is 11.5. The smallest absolute Gasteiger partial charge is 0.300 e. The molecular formula is C28H24F2N2O3. The number of carbonyl (C=O) groups is 2. The van der Waals surface area contributed by atoms with Crippen LogP contribution in [0.25, 0.3) is 5.76 Å². The van der Waals surface area contributed by atoms with Gasteiger partial charge < -0.3 is 10.0 Å². The molecule has 2 aliphatic rings. The Bertz CT molecular complexity index is 1340. The molecule has 2 fully saturated rings. The molecule has 5 nitrogen and oxygen atoms in total. The number of rotatable bonds is 4. The molecule has 2 saturated heterocycles. The molecule has 3 aromatic carbocycles. The molecule has 2 heterocycles. The van der Waals surface area contributed by atoms with Crippen molar-refractivity contribution in [1.29, 1.82) is 0 Å². The number of anilines is 2.